The summed E-state index contributed by atoms with van der Waals surface area (Å²) in [5.41, 5.74) is 5.95. The van der Waals surface area contributed by atoms with Crippen LogP contribution in [0.25, 0.3) is 0 Å². The smallest absolute Gasteiger partial charge is 0.303 e. The number of unbranched alkanes of at least 4 members (excludes halogenated alkanes) is 6. The first-order valence-corrected chi connectivity index (χ1v) is 9.59. The fourth-order valence-electron chi connectivity index (χ4n) is 3.13. The monoisotopic (exact) mass is 313 g/mol. The molecule has 0 aromatic heterocycles. The molecular weight excluding hydrogens is 274 g/mol. The van der Waals surface area contributed by atoms with E-state index in [4.69, 9.17) is 10.8 Å². The maximum Gasteiger partial charge on any atom is 0.303 e. The summed E-state index contributed by atoms with van der Waals surface area (Å²) in [6.45, 7) is 4.39. The molecule has 1 rings (SSSR count). The molecule has 3 heteroatoms. The van der Waals surface area contributed by atoms with Gasteiger partial charge >= 0.3 is 5.97 Å². The number of carboxylic acid groups (broad SMARTS) is 1. The number of aliphatic carboxylic acids is 1. The van der Waals surface area contributed by atoms with Crippen LogP contribution in [0.5, 0.6) is 0 Å². The van der Waals surface area contributed by atoms with Gasteiger partial charge in [-0.1, -0.05) is 71.6 Å². The Morgan fingerprint density at radius 2 is 1.55 bits per heavy atom. The number of carboxylic acids is 1. The van der Waals surface area contributed by atoms with Crippen molar-refractivity contribution >= 4 is 5.97 Å². The Morgan fingerprint density at radius 1 is 1.00 bits per heavy atom. The van der Waals surface area contributed by atoms with Crippen molar-refractivity contribution in [2.75, 3.05) is 0 Å². The highest BCUT2D eigenvalue weighted by Crippen LogP contribution is 2.26. The van der Waals surface area contributed by atoms with Gasteiger partial charge in [0.25, 0.3) is 0 Å². The van der Waals surface area contributed by atoms with Crippen molar-refractivity contribution < 1.29 is 9.90 Å². The van der Waals surface area contributed by atoms with Crippen molar-refractivity contribution in [3.05, 3.63) is 0 Å². The lowest BCUT2D eigenvalue weighted by Gasteiger charge is -2.26. The molecule has 132 valence electrons. The van der Waals surface area contributed by atoms with Crippen LogP contribution in [0.4, 0.5) is 0 Å². The minimum atomic E-state index is -0.663. The zero-order valence-corrected chi connectivity index (χ0v) is 15.0. The molecule has 3 N–H and O–H groups in total. The van der Waals surface area contributed by atoms with Gasteiger partial charge in [0.1, 0.15) is 0 Å². The highest BCUT2D eigenvalue weighted by atomic mass is 16.4. The van der Waals surface area contributed by atoms with E-state index in [0.717, 1.165) is 25.2 Å². The van der Waals surface area contributed by atoms with E-state index in [1.807, 2.05) is 0 Å². The van der Waals surface area contributed by atoms with E-state index in [-0.39, 0.29) is 0 Å². The zero-order chi connectivity index (χ0) is 16.6. The van der Waals surface area contributed by atoms with Crippen LogP contribution in [0.1, 0.15) is 104 Å². The van der Waals surface area contributed by atoms with Gasteiger partial charge in [-0.3, -0.25) is 4.79 Å². The van der Waals surface area contributed by atoms with E-state index in [1.165, 1.54) is 64.2 Å². The van der Waals surface area contributed by atoms with E-state index in [9.17, 15) is 4.79 Å². The largest absolute Gasteiger partial charge is 0.481 e. The summed E-state index contributed by atoms with van der Waals surface area (Å²) >= 11 is 0. The highest BCUT2D eigenvalue weighted by Gasteiger charge is 2.18. The second-order valence-corrected chi connectivity index (χ2v) is 6.74. The molecule has 1 atom stereocenters. The number of carbonyl (C=O) groups is 1. The van der Waals surface area contributed by atoms with Gasteiger partial charge in [0.15, 0.2) is 0 Å². The van der Waals surface area contributed by atoms with Gasteiger partial charge in [-0.25, -0.2) is 0 Å². The Hall–Kier alpha value is -0.570. The Morgan fingerprint density at radius 3 is 2.05 bits per heavy atom. The van der Waals surface area contributed by atoms with E-state index in [2.05, 4.69) is 13.8 Å². The van der Waals surface area contributed by atoms with Crippen molar-refractivity contribution in [2.24, 2.45) is 11.7 Å². The number of rotatable bonds is 10. The summed E-state index contributed by atoms with van der Waals surface area (Å²) in [7, 11) is 0. The van der Waals surface area contributed by atoms with Gasteiger partial charge in [0, 0.05) is 12.5 Å². The molecule has 1 aliphatic rings. The standard InChI is InChI=1S/C10H20O2.C9H19N/c1-2-3-4-5-6-7-8-9-10(11)12;1-2-9(10)8-6-4-3-5-7-8/h2-9H2,1H3,(H,11,12);8-9H,2-7,10H2,1H3. The molecule has 0 aliphatic heterocycles. The lowest BCUT2D eigenvalue weighted by molar-refractivity contribution is -0.137. The average Bonchev–Trinajstić information content (AvgIpc) is 2.54. The van der Waals surface area contributed by atoms with E-state index in [0.29, 0.717) is 12.5 Å². The van der Waals surface area contributed by atoms with Crippen LogP contribution >= 0.6 is 0 Å². The number of hydrogen-bond donors (Lipinski definition) is 2. The first-order chi connectivity index (χ1) is 10.6. The second-order valence-electron chi connectivity index (χ2n) is 6.74. The molecular formula is C19H39NO2. The van der Waals surface area contributed by atoms with Crippen LogP contribution in [0, 0.1) is 5.92 Å². The van der Waals surface area contributed by atoms with Crippen LogP contribution in [-0.2, 0) is 4.79 Å². The topological polar surface area (TPSA) is 63.3 Å². The Balaban J connectivity index is 0.000000406. The van der Waals surface area contributed by atoms with Crippen LogP contribution in [0.15, 0.2) is 0 Å². The predicted molar refractivity (Wildman–Crippen MR) is 95.1 cm³/mol. The van der Waals surface area contributed by atoms with Gasteiger partial charge < -0.3 is 10.8 Å². The fourth-order valence-corrected chi connectivity index (χ4v) is 3.13. The minimum absolute atomic E-state index is 0.341. The third kappa shape index (κ3) is 13.1. The molecule has 1 aliphatic carbocycles. The van der Waals surface area contributed by atoms with Gasteiger partial charge in [-0.15, -0.1) is 0 Å². The predicted octanol–water partition coefficient (Wildman–Crippen LogP) is 5.52. The summed E-state index contributed by atoms with van der Waals surface area (Å²) in [5, 5.41) is 8.35. The van der Waals surface area contributed by atoms with Crippen LogP contribution in [0.3, 0.4) is 0 Å². The number of hydrogen-bond acceptors (Lipinski definition) is 2. The third-order valence-electron chi connectivity index (χ3n) is 4.72. The molecule has 0 aromatic rings. The summed E-state index contributed by atoms with van der Waals surface area (Å²) in [6, 6.07) is 0.486. The lowest BCUT2D eigenvalue weighted by Crippen LogP contribution is -2.30. The normalized spacial score (nSPS) is 16.7. The maximum atomic E-state index is 10.1. The average molecular weight is 314 g/mol. The quantitative estimate of drug-likeness (QED) is 0.522. The van der Waals surface area contributed by atoms with Crippen LogP contribution < -0.4 is 5.73 Å². The molecule has 0 aromatic carbocycles. The lowest BCUT2D eigenvalue weighted by atomic mass is 9.83. The second kappa shape index (κ2) is 15.3. The SMILES string of the molecule is CCC(N)C1CCCCC1.CCCCCCCCCC(=O)O. The van der Waals surface area contributed by atoms with Crippen molar-refractivity contribution in [1.82, 2.24) is 0 Å². The molecule has 1 unspecified atom stereocenters. The molecule has 0 heterocycles. The maximum absolute atomic E-state index is 10.1. The van der Waals surface area contributed by atoms with Crippen molar-refractivity contribution in [3.63, 3.8) is 0 Å². The molecule has 1 fully saturated rings. The van der Waals surface area contributed by atoms with Gasteiger partial charge in [0.05, 0.1) is 0 Å². The first-order valence-electron chi connectivity index (χ1n) is 9.59. The van der Waals surface area contributed by atoms with E-state index < -0.39 is 5.97 Å². The molecule has 0 radical (unpaired) electrons. The molecule has 1 saturated carbocycles. The van der Waals surface area contributed by atoms with Crippen molar-refractivity contribution in [3.8, 4) is 0 Å². The molecule has 0 spiro atoms. The Labute approximate surface area is 138 Å². The Kier molecular flexibility index (Phi) is 14.9. The fraction of sp³-hybridized carbons (Fsp3) is 0.947. The summed E-state index contributed by atoms with van der Waals surface area (Å²) in [6.07, 6.45) is 16.8. The molecule has 0 saturated heterocycles. The van der Waals surface area contributed by atoms with E-state index in [1.54, 1.807) is 0 Å². The van der Waals surface area contributed by atoms with Gasteiger partial charge in [-0.2, -0.15) is 0 Å². The van der Waals surface area contributed by atoms with Gasteiger partial charge in [0.2, 0.25) is 0 Å². The van der Waals surface area contributed by atoms with Crippen molar-refractivity contribution in [1.29, 1.82) is 0 Å². The summed E-state index contributed by atoms with van der Waals surface area (Å²) < 4.78 is 0. The molecule has 22 heavy (non-hydrogen) atoms. The molecule has 0 bridgehead atoms. The number of nitrogens with two attached hydrogens (primary N) is 1. The Bertz CT molecular complexity index is 250. The van der Waals surface area contributed by atoms with Crippen LogP contribution in [0.2, 0.25) is 0 Å². The third-order valence-corrected chi connectivity index (χ3v) is 4.72. The zero-order valence-electron chi connectivity index (χ0n) is 15.0. The minimum Gasteiger partial charge on any atom is -0.481 e. The van der Waals surface area contributed by atoms with Crippen LogP contribution in [-0.4, -0.2) is 17.1 Å². The summed E-state index contributed by atoms with van der Waals surface area (Å²) in [5.74, 6) is 0.183. The first kappa shape index (κ1) is 21.4. The van der Waals surface area contributed by atoms with Gasteiger partial charge in [-0.05, 0) is 31.6 Å². The van der Waals surface area contributed by atoms with Crippen molar-refractivity contribution in [2.45, 2.75) is 110 Å². The molecule has 0 amide bonds. The molecule has 3 nitrogen and oxygen atoms in total. The van der Waals surface area contributed by atoms with E-state index >= 15 is 0 Å². The highest BCUT2D eigenvalue weighted by molar-refractivity contribution is 5.66. The summed E-state index contributed by atoms with van der Waals surface area (Å²) in [4.78, 5) is 10.1.